The van der Waals surface area contributed by atoms with Gasteiger partial charge in [0.25, 0.3) is 0 Å². The molecule has 1 N–H and O–H groups in total. The molecule has 0 aromatic rings. The largest absolute Gasteiger partial charge is 0.462 e. The van der Waals surface area contributed by atoms with Crippen LogP contribution in [0.1, 0.15) is 122 Å². The summed E-state index contributed by atoms with van der Waals surface area (Å²) >= 11 is 0. The quantitative estimate of drug-likeness (QED) is 0.130. The second-order valence-electron chi connectivity index (χ2n) is 18.1. The molecule has 3 saturated carbocycles. The van der Waals surface area contributed by atoms with Crippen molar-refractivity contribution in [3.8, 4) is 0 Å². The summed E-state index contributed by atoms with van der Waals surface area (Å²) in [6.07, 6.45) is 0.477. The molecule has 0 aromatic carbocycles. The Balaban J connectivity index is 1.78. The average molecular weight is 777 g/mol. The van der Waals surface area contributed by atoms with E-state index < -0.39 is 92.7 Å². The Morgan fingerprint density at radius 2 is 1.42 bits per heavy atom. The predicted molar refractivity (Wildman–Crippen MR) is 199 cm³/mol. The van der Waals surface area contributed by atoms with Gasteiger partial charge in [0.2, 0.25) is 0 Å². The van der Waals surface area contributed by atoms with Gasteiger partial charge in [-0.05, 0) is 83.0 Å². The van der Waals surface area contributed by atoms with Crippen LogP contribution < -0.4 is 0 Å². The summed E-state index contributed by atoms with van der Waals surface area (Å²) in [6.45, 7) is 20.9. The smallest absolute Gasteiger partial charge is 0.332 e. The number of rotatable bonds is 15. The van der Waals surface area contributed by atoms with Crippen molar-refractivity contribution in [1.82, 2.24) is 0 Å². The van der Waals surface area contributed by atoms with Crippen LogP contribution in [0.15, 0.2) is 11.6 Å². The molecule has 0 aliphatic heterocycles. The van der Waals surface area contributed by atoms with Gasteiger partial charge in [-0.2, -0.15) is 0 Å². The molecular formula is C42H64O13. The van der Waals surface area contributed by atoms with Gasteiger partial charge in [-0.25, -0.2) is 9.59 Å². The number of fused-ring (bicyclic) bond motifs is 5. The minimum absolute atomic E-state index is 0.00687. The van der Waals surface area contributed by atoms with Crippen LogP contribution in [0.25, 0.3) is 0 Å². The normalized spacial score (nSPS) is 34.9. The van der Waals surface area contributed by atoms with Crippen LogP contribution in [-0.4, -0.2) is 96.5 Å². The van der Waals surface area contributed by atoms with Crippen LogP contribution in [0.4, 0.5) is 0 Å². The number of aliphatic hydroxyl groups is 1. The van der Waals surface area contributed by atoms with Crippen molar-refractivity contribution in [3.05, 3.63) is 11.6 Å². The minimum atomic E-state index is -2.01. The highest BCUT2D eigenvalue weighted by Gasteiger charge is 2.75. The van der Waals surface area contributed by atoms with Crippen molar-refractivity contribution in [2.75, 3.05) is 26.4 Å². The van der Waals surface area contributed by atoms with Gasteiger partial charge in [-0.1, -0.05) is 46.3 Å². The topological polar surface area (TPSA) is 178 Å². The van der Waals surface area contributed by atoms with Gasteiger partial charge in [0, 0.05) is 56.7 Å². The van der Waals surface area contributed by atoms with Crippen LogP contribution in [-0.2, 0) is 57.2 Å². The van der Waals surface area contributed by atoms with Gasteiger partial charge in [0.1, 0.15) is 48.5 Å². The first kappa shape index (κ1) is 44.6. The highest BCUT2D eigenvalue weighted by Crippen LogP contribution is 2.74. The van der Waals surface area contributed by atoms with Crippen molar-refractivity contribution >= 4 is 35.4 Å². The summed E-state index contributed by atoms with van der Waals surface area (Å²) in [4.78, 5) is 79.5. The Morgan fingerprint density at radius 1 is 0.836 bits per heavy atom. The lowest BCUT2D eigenvalue weighted by molar-refractivity contribution is -0.201. The van der Waals surface area contributed by atoms with E-state index in [-0.39, 0.29) is 50.6 Å². The number of esters is 4. The summed E-state index contributed by atoms with van der Waals surface area (Å²) in [5.41, 5.74) is -5.61. The Hall–Kier alpha value is -3.16. The Kier molecular flexibility index (Phi) is 13.0. The molecule has 13 heteroatoms. The Bertz CT molecular complexity index is 1560. The zero-order chi connectivity index (χ0) is 41.5. The molecule has 4 aliphatic rings. The van der Waals surface area contributed by atoms with E-state index in [1.54, 1.807) is 27.7 Å². The Morgan fingerprint density at radius 3 is 1.96 bits per heavy atom. The fourth-order valence-electron chi connectivity index (χ4n) is 11.2. The highest BCUT2D eigenvalue weighted by molar-refractivity contribution is 5.90. The molecule has 0 spiro atoms. The van der Waals surface area contributed by atoms with Gasteiger partial charge >= 0.3 is 23.9 Å². The number of hydrogen-bond acceptors (Lipinski definition) is 13. The zero-order valence-electron chi connectivity index (χ0n) is 35.0. The van der Waals surface area contributed by atoms with Crippen molar-refractivity contribution in [1.29, 1.82) is 0 Å². The molecule has 4 aliphatic carbocycles. The van der Waals surface area contributed by atoms with Crippen molar-refractivity contribution in [3.63, 3.8) is 0 Å². The molecule has 0 unspecified atom stereocenters. The number of ketones is 2. The third-order valence-electron chi connectivity index (χ3n) is 13.8. The van der Waals surface area contributed by atoms with E-state index in [1.807, 2.05) is 27.7 Å². The third kappa shape index (κ3) is 8.17. The van der Waals surface area contributed by atoms with Crippen molar-refractivity contribution in [2.24, 2.45) is 39.4 Å². The lowest BCUT2D eigenvalue weighted by Gasteiger charge is -2.65. The number of Topliss-reactive ketones (excluding diaryl/α,β-unsaturated/α-hetero) is 2. The van der Waals surface area contributed by atoms with Crippen molar-refractivity contribution in [2.45, 2.75) is 151 Å². The fourth-order valence-corrected chi connectivity index (χ4v) is 11.2. The number of ether oxygens (including phenoxy) is 6. The summed E-state index contributed by atoms with van der Waals surface area (Å²) in [5.74, 6) is -4.49. The maximum Gasteiger partial charge on any atom is 0.332 e. The maximum absolute atomic E-state index is 15.1. The number of carbonyl (C=O) groups excluding carboxylic acids is 6. The highest BCUT2D eigenvalue weighted by atomic mass is 16.6. The number of hydrogen-bond donors (Lipinski definition) is 1. The summed E-state index contributed by atoms with van der Waals surface area (Å²) < 4.78 is 34.1. The molecule has 0 heterocycles. The first-order valence-electron chi connectivity index (χ1n) is 19.7. The number of carbonyl (C=O) groups is 6. The lowest BCUT2D eigenvalue weighted by atomic mass is 9.38. The van der Waals surface area contributed by atoms with Gasteiger partial charge < -0.3 is 33.5 Å². The van der Waals surface area contributed by atoms with E-state index in [4.69, 9.17) is 28.4 Å². The van der Waals surface area contributed by atoms with E-state index in [0.29, 0.717) is 26.1 Å². The SMILES string of the molecule is CCOCC(=O)O[C@H]1C[C@@H]2C(=CC[C@@H]3[C@@]2(C)C(=O)C[C@]2(C)[C@@H]([C@@](C)(O)C(=O)CCC(C)(C)OC(C)=O)[C@H](OC(C)=O)C[C@@]32C)C(C)(C)[C@@H]1OC(=O)COCC. The molecule has 4 rings (SSSR count). The molecule has 13 nitrogen and oxygen atoms in total. The molecule has 0 bridgehead atoms. The van der Waals surface area contributed by atoms with Gasteiger partial charge in [0.05, 0.1) is 0 Å². The van der Waals surface area contributed by atoms with Crippen LogP contribution in [0.3, 0.4) is 0 Å². The standard InChI is InChI=1S/C42H64O13/c1-13-50-22-33(47)53-28-19-27-26(38(7,8)36(28)54-34(48)23-51-14-2)15-16-30-39(9)20-29(52-24(3)43)35(40(39,10)21-32(46)41(27,30)11)42(12,49)31(45)17-18-37(5,6)55-25(4)44/h15,27-30,35-36,49H,13-14,16-23H2,1-12H3/t27-,28+,29-,30+,35+,36-,39+,40-,41+,42+/m1/s1. The van der Waals surface area contributed by atoms with E-state index in [0.717, 1.165) is 5.57 Å². The van der Waals surface area contributed by atoms with Crippen LogP contribution >= 0.6 is 0 Å². The molecule has 0 amide bonds. The van der Waals surface area contributed by atoms with E-state index >= 15 is 4.79 Å². The molecule has 10 atom stereocenters. The second-order valence-corrected chi connectivity index (χ2v) is 18.1. The van der Waals surface area contributed by atoms with Crippen molar-refractivity contribution < 1.29 is 62.3 Å². The molecular weight excluding hydrogens is 712 g/mol. The van der Waals surface area contributed by atoms with Crippen LogP contribution in [0, 0.1) is 39.4 Å². The first-order valence-corrected chi connectivity index (χ1v) is 19.7. The lowest BCUT2D eigenvalue weighted by Crippen LogP contribution is -2.66. The van der Waals surface area contributed by atoms with Crippen LogP contribution in [0.2, 0.25) is 0 Å². The summed E-state index contributed by atoms with van der Waals surface area (Å²) in [7, 11) is 0. The minimum Gasteiger partial charge on any atom is -0.462 e. The Labute approximate surface area is 325 Å². The maximum atomic E-state index is 15.1. The molecule has 310 valence electrons. The van der Waals surface area contributed by atoms with E-state index in [1.165, 1.54) is 20.8 Å². The van der Waals surface area contributed by atoms with Crippen LogP contribution in [0.5, 0.6) is 0 Å². The van der Waals surface area contributed by atoms with Gasteiger partial charge in [-0.15, -0.1) is 0 Å². The molecule has 55 heavy (non-hydrogen) atoms. The third-order valence-corrected chi connectivity index (χ3v) is 13.8. The average Bonchev–Trinajstić information content (AvgIpc) is 3.28. The zero-order valence-corrected chi connectivity index (χ0v) is 35.0. The fraction of sp³-hybridized carbons (Fsp3) is 0.810. The molecule has 0 radical (unpaired) electrons. The summed E-state index contributed by atoms with van der Waals surface area (Å²) in [6, 6.07) is 0. The predicted octanol–water partition coefficient (Wildman–Crippen LogP) is 5.26. The first-order chi connectivity index (χ1) is 25.3. The van der Waals surface area contributed by atoms with E-state index in [9.17, 15) is 29.1 Å². The second kappa shape index (κ2) is 16.0. The monoisotopic (exact) mass is 776 g/mol. The molecule has 3 fully saturated rings. The van der Waals surface area contributed by atoms with E-state index in [2.05, 4.69) is 13.0 Å². The number of allylic oxidation sites excluding steroid dienone is 1. The molecule has 0 saturated heterocycles. The molecule has 0 aromatic heterocycles. The van der Waals surface area contributed by atoms with Gasteiger partial charge in [0.15, 0.2) is 5.78 Å². The van der Waals surface area contributed by atoms with Gasteiger partial charge in [-0.3, -0.25) is 19.2 Å². The summed E-state index contributed by atoms with van der Waals surface area (Å²) in [5, 5.41) is 12.3.